The Morgan fingerprint density at radius 2 is 0.842 bits per heavy atom. The Kier molecular flexibility index (Phi) is 10.2. The van der Waals surface area contributed by atoms with Gasteiger partial charge >= 0.3 is 0 Å². The van der Waals surface area contributed by atoms with Crippen molar-refractivity contribution in [2.45, 2.75) is 91.9 Å². The summed E-state index contributed by atoms with van der Waals surface area (Å²) >= 11 is 0. The molecule has 38 heavy (non-hydrogen) atoms. The van der Waals surface area contributed by atoms with Gasteiger partial charge in [0, 0.05) is 16.7 Å². The van der Waals surface area contributed by atoms with Crippen LogP contribution in [-0.4, -0.2) is 15.0 Å². The zero-order valence-electron chi connectivity index (χ0n) is 23.8. The summed E-state index contributed by atoms with van der Waals surface area (Å²) in [5, 5.41) is 0. The van der Waals surface area contributed by atoms with Crippen molar-refractivity contribution in [1.29, 1.82) is 0 Å². The van der Waals surface area contributed by atoms with Crippen LogP contribution in [0.2, 0.25) is 0 Å². The van der Waals surface area contributed by atoms with Crippen LogP contribution in [0.4, 0.5) is 0 Å². The van der Waals surface area contributed by atoms with E-state index in [1.54, 1.807) is 0 Å². The summed E-state index contributed by atoms with van der Waals surface area (Å²) < 4.78 is 0. The molecule has 0 spiro atoms. The van der Waals surface area contributed by atoms with Gasteiger partial charge < -0.3 is 0 Å². The molecule has 0 fully saturated rings. The Bertz CT molecular complexity index is 1200. The minimum absolute atomic E-state index is 0.726. The second kappa shape index (κ2) is 14.0. The summed E-state index contributed by atoms with van der Waals surface area (Å²) in [6.45, 7) is 8.76. The molecule has 0 N–H and O–H groups in total. The monoisotopic (exact) mass is 505 g/mol. The maximum atomic E-state index is 4.95. The van der Waals surface area contributed by atoms with Gasteiger partial charge in [-0.1, -0.05) is 118 Å². The molecular weight excluding hydrogens is 462 g/mol. The van der Waals surface area contributed by atoms with Crippen LogP contribution in [0.25, 0.3) is 34.2 Å². The van der Waals surface area contributed by atoms with Gasteiger partial charge in [-0.05, 0) is 62.8 Å². The highest BCUT2D eigenvalue weighted by molar-refractivity contribution is 5.67. The van der Waals surface area contributed by atoms with Crippen LogP contribution in [-0.2, 0) is 12.8 Å². The smallest absolute Gasteiger partial charge is 0.164 e. The summed E-state index contributed by atoms with van der Waals surface area (Å²) in [6.07, 6.45) is 12.5. The normalized spacial score (nSPS) is 11.2. The number of benzene rings is 3. The molecule has 1 aromatic heterocycles. The van der Waals surface area contributed by atoms with Gasteiger partial charge in [0.1, 0.15) is 0 Å². The third kappa shape index (κ3) is 7.84. The number of hydrogen-bond donors (Lipinski definition) is 0. The van der Waals surface area contributed by atoms with E-state index < -0.39 is 0 Å². The molecule has 0 amide bonds. The molecule has 4 rings (SSSR count). The Morgan fingerprint density at radius 1 is 0.447 bits per heavy atom. The molecule has 0 radical (unpaired) electrons. The standard InChI is InChI=1S/C35H43N3/c1-5-7-9-11-13-28-15-19-30(20-16-28)33-36-34(31-21-17-29(18-22-31)14-12-10-8-6-2)38-35(37-33)32-24-26(3)23-27(4)25-32/h15-25H,5-14H2,1-4H3. The molecule has 0 aliphatic carbocycles. The van der Waals surface area contributed by atoms with E-state index >= 15 is 0 Å². The van der Waals surface area contributed by atoms with Crippen molar-refractivity contribution in [3.05, 3.63) is 89.0 Å². The Labute approximate surface area is 229 Å². The van der Waals surface area contributed by atoms with Crippen molar-refractivity contribution in [3.8, 4) is 34.2 Å². The zero-order valence-corrected chi connectivity index (χ0v) is 23.8. The fourth-order valence-corrected chi connectivity index (χ4v) is 5.02. The molecule has 3 heteroatoms. The van der Waals surface area contributed by atoms with Gasteiger partial charge in [-0.3, -0.25) is 0 Å². The predicted octanol–water partition coefficient (Wildman–Crippen LogP) is 9.74. The molecule has 0 aliphatic heterocycles. The highest BCUT2D eigenvalue weighted by Gasteiger charge is 2.13. The van der Waals surface area contributed by atoms with Crippen molar-refractivity contribution < 1.29 is 0 Å². The molecule has 198 valence electrons. The van der Waals surface area contributed by atoms with Crippen LogP contribution in [0.3, 0.4) is 0 Å². The second-order valence-corrected chi connectivity index (χ2v) is 10.7. The number of unbranched alkanes of at least 4 members (excludes halogenated alkanes) is 6. The SMILES string of the molecule is CCCCCCc1ccc(-c2nc(-c3ccc(CCCCCC)cc3)nc(-c3cc(C)cc(C)c3)n2)cc1. The first-order chi connectivity index (χ1) is 18.6. The van der Waals surface area contributed by atoms with Crippen LogP contribution in [0.5, 0.6) is 0 Å². The third-order valence-electron chi connectivity index (χ3n) is 7.18. The lowest BCUT2D eigenvalue weighted by Gasteiger charge is -2.10. The van der Waals surface area contributed by atoms with E-state index in [0.29, 0.717) is 0 Å². The Balaban J connectivity index is 1.64. The van der Waals surface area contributed by atoms with Gasteiger partial charge in [-0.25, -0.2) is 15.0 Å². The topological polar surface area (TPSA) is 38.7 Å². The summed E-state index contributed by atoms with van der Waals surface area (Å²) in [5.41, 5.74) is 8.28. The summed E-state index contributed by atoms with van der Waals surface area (Å²) in [6, 6.07) is 24.1. The van der Waals surface area contributed by atoms with Crippen molar-refractivity contribution in [2.24, 2.45) is 0 Å². The fourth-order valence-electron chi connectivity index (χ4n) is 5.02. The summed E-state index contributed by atoms with van der Waals surface area (Å²) in [5.74, 6) is 2.18. The number of nitrogens with zero attached hydrogens (tertiary/aromatic N) is 3. The molecule has 1 heterocycles. The third-order valence-corrected chi connectivity index (χ3v) is 7.18. The van der Waals surface area contributed by atoms with Crippen LogP contribution < -0.4 is 0 Å². The minimum Gasteiger partial charge on any atom is -0.208 e. The van der Waals surface area contributed by atoms with Gasteiger partial charge in [-0.2, -0.15) is 0 Å². The average Bonchev–Trinajstić information content (AvgIpc) is 2.93. The first-order valence-corrected chi connectivity index (χ1v) is 14.6. The van der Waals surface area contributed by atoms with Crippen LogP contribution >= 0.6 is 0 Å². The Morgan fingerprint density at radius 3 is 1.24 bits per heavy atom. The van der Waals surface area contributed by atoms with E-state index in [9.17, 15) is 0 Å². The molecule has 0 saturated carbocycles. The summed E-state index contributed by atoms with van der Waals surface area (Å²) in [7, 11) is 0. The highest BCUT2D eigenvalue weighted by Crippen LogP contribution is 2.27. The predicted molar refractivity (Wildman–Crippen MR) is 161 cm³/mol. The molecule has 4 aromatic rings. The fraction of sp³-hybridized carbons (Fsp3) is 0.400. The molecule has 3 aromatic carbocycles. The van der Waals surface area contributed by atoms with E-state index in [4.69, 9.17) is 15.0 Å². The lowest BCUT2D eigenvalue weighted by molar-refractivity contribution is 0.667. The summed E-state index contributed by atoms with van der Waals surface area (Å²) in [4.78, 5) is 14.9. The van der Waals surface area contributed by atoms with Gasteiger partial charge in [-0.15, -0.1) is 0 Å². The van der Waals surface area contributed by atoms with Gasteiger partial charge in [0.05, 0.1) is 0 Å². The first kappa shape index (κ1) is 27.7. The van der Waals surface area contributed by atoms with Crippen molar-refractivity contribution in [1.82, 2.24) is 15.0 Å². The molecule has 0 saturated heterocycles. The molecule has 0 bridgehead atoms. The number of aromatic nitrogens is 3. The van der Waals surface area contributed by atoms with Gasteiger partial charge in [0.25, 0.3) is 0 Å². The van der Waals surface area contributed by atoms with Crippen LogP contribution in [0.1, 0.15) is 87.5 Å². The van der Waals surface area contributed by atoms with Crippen molar-refractivity contribution >= 4 is 0 Å². The van der Waals surface area contributed by atoms with Gasteiger partial charge in [0.2, 0.25) is 0 Å². The zero-order chi connectivity index (χ0) is 26.7. The average molecular weight is 506 g/mol. The quantitative estimate of drug-likeness (QED) is 0.170. The highest BCUT2D eigenvalue weighted by atomic mass is 15.0. The number of hydrogen-bond acceptors (Lipinski definition) is 3. The number of aryl methyl sites for hydroxylation is 4. The van der Waals surface area contributed by atoms with E-state index in [2.05, 4.69) is 94.4 Å². The lowest BCUT2D eigenvalue weighted by atomic mass is 10.0. The Hall–Kier alpha value is -3.33. The van der Waals surface area contributed by atoms with Crippen LogP contribution in [0.15, 0.2) is 66.7 Å². The maximum Gasteiger partial charge on any atom is 0.164 e. The molecule has 0 aliphatic rings. The van der Waals surface area contributed by atoms with Crippen molar-refractivity contribution in [2.75, 3.05) is 0 Å². The molecule has 0 unspecified atom stereocenters. The van der Waals surface area contributed by atoms with E-state index in [1.807, 2.05) is 0 Å². The molecular formula is C35H43N3. The molecule has 3 nitrogen and oxygen atoms in total. The first-order valence-electron chi connectivity index (χ1n) is 14.6. The lowest BCUT2D eigenvalue weighted by Crippen LogP contribution is -2.01. The van der Waals surface area contributed by atoms with E-state index in [1.165, 1.54) is 73.6 Å². The maximum absolute atomic E-state index is 4.95. The van der Waals surface area contributed by atoms with E-state index in [-0.39, 0.29) is 0 Å². The minimum atomic E-state index is 0.726. The number of rotatable bonds is 13. The molecule has 0 atom stereocenters. The van der Waals surface area contributed by atoms with Crippen molar-refractivity contribution in [3.63, 3.8) is 0 Å². The second-order valence-electron chi connectivity index (χ2n) is 10.7. The largest absolute Gasteiger partial charge is 0.208 e. The van der Waals surface area contributed by atoms with Gasteiger partial charge in [0.15, 0.2) is 17.5 Å². The van der Waals surface area contributed by atoms with Crippen LogP contribution in [0, 0.1) is 13.8 Å². The van der Waals surface area contributed by atoms with E-state index in [0.717, 1.165) is 47.0 Å².